The molecule has 0 aliphatic carbocycles. The number of hydrogen-bond donors (Lipinski definition) is 0. The average Bonchev–Trinajstić information content (AvgIpc) is 2.79. The number of ether oxygens (including phenoxy) is 1. The largest absolute Gasteiger partial charge is 0.448 e. The smallest absolute Gasteiger partial charge is 0.443 e. The molecule has 0 bridgehead atoms. The number of benzene rings is 1. The minimum Gasteiger partial charge on any atom is -0.448 e. The predicted molar refractivity (Wildman–Crippen MR) is 58.2 cm³/mol. The van der Waals surface area contributed by atoms with Gasteiger partial charge in [-0.3, -0.25) is 0 Å². The van der Waals surface area contributed by atoms with Crippen LogP contribution in [-0.2, 0) is 15.6 Å². The Morgan fingerprint density at radius 3 is 2.88 bits per heavy atom. The van der Waals surface area contributed by atoms with Crippen LogP contribution in [-0.4, -0.2) is 17.1 Å². The number of amides is 1. The van der Waals surface area contributed by atoms with Gasteiger partial charge in [-0.25, -0.2) is 4.79 Å². The second-order valence-electron chi connectivity index (χ2n) is 2.81. The molecule has 0 radical (unpaired) electrons. The van der Waals surface area contributed by atoms with E-state index in [0.29, 0.717) is 6.61 Å². The van der Waals surface area contributed by atoms with Gasteiger partial charge in [-0.05, 0) is 29.5 Å². The van der Waals surface area contributed by atoms with Crippen molar-refractivity contribution in [2.75, 3.05) is 6.61 Å². The summed E-state index contributed by atoms with van der Waals surface area (Å²) in [5.41, 5.74) is 0. The van der Waals surface area contributed by atoms with Crippen molar-refractivity contribution in [1.82, 2.24) is 4.41 Å². The fraction of sp³-hybridized carbons (Fsp3) is 0.222. The average molecular weight is 238 g/mol. The van der Waals surface area contributed by atoms with Gasteiger partial charge in [-0.1, -0.05) is 22.7 Å². The Balaban J connectivity index is 2.21. The molecule has 1 atom stereocenters. The van der Waals surface area contributed by atoms with Crippen molar-refractivity contribution in [2.45, 2.75) is 11.8 Å². The van der Waals surface area contributed by atoms with Gasteiger partial charge in [-0.2, -0.15) is 0 Å². The number of nitrogens with zero attached hydrogens (tertiary/aromatic N) is 4. The molecule has 0 N–H and O–H groups in total. The first kappa shape index (κ1) is 10.7. The van der Waals surface area contributed by atoms with E-state index in [1.165, 1.54) is 0 Å². The molecule has 16 heavy (non-hydrogen) atoms. The van der Waals surface area contributed by atoms with E-state index in [1.807, 2.05) is 30.3 Å². The maximum absolute atomic E-state index is 11.5. The van der Waals surface area contributed by atoms with Gasteiger partial charge < -0.3 is 4.74 Å². The van der Waals surface area contributed by atoms with Gasteiger partial charge in [-0.15, -0.1) is 4.41 Å². The molecule has 1 aliphatic heterocycles. The molecule has 1 aromatic carbocycles. The van der Waals surface area contributed by atoms with E-state index in [9.17, 15) is 4.79 Å². The quantitative estimate of drug-likeness (QED) is 0.794. The highest BCUT2D eigenvalue weighted by atomic mass is 32.2. The van der Waals surface area contributed by atoms with E-state index >= 15 is 0 Å². The first-order valence-corrected chi connectivity index (χ1v) is 5.85. The summed E-state index contributed by atoms with van der Waals surface area (Å²) in [7, 11) is -0.810. The summed E-state index contributed by atoms with van der Waals surface area (Å²) in [5, 5.41) is 7.15. The van der Waals surface area contributed by atoms with E-state index in [-0.39, 0.29) is 0 Å². The van der Waals surface area contributed by atoms with Crippen molar-refractivity contribution in [2.24, 2.45) is 14.9 Å². The van der Waals surface area contributed by atoms with Gasteiger partial charge in [0.15, 0.2) is 0 Å². The minimum atomic E-state index is -0.810. The lowest BCUT2D eigenvalue weighted by molar-refractivity contribution is 0.133. The van der Waals surface area contributed by atoms with Crippen molar-refractivity contribution < 1.29 is 9.53 Å². The fourth-order valence-corrected chi connectivity index (χ4v) is 2.29. The molecule has 1 aromatic rings. The van der Waals surface area contributed by atoms with E-state index < -0.39 is 17.0 Å². The molecule has 1 amide bonds. The van der Waals surface area contributed by atoms with Crippen molar-refractivity contribution >= 4 is 17.0 Å². The van der Waals surface area contributed by atoms with Gasteiger partial charge in [0, 0.05) is 4.90 Å². The van der Waals surface area contributed by atoms with Crippen LogP contribution in [0, 0.1) is 0 Å². The third-order valence-electron chi connectivity index (χ3n) is 1.78. The van der Waals surface area contributed by atoms with Gasteiger partial charge in [0.05, 0.1) is 17.5 Å². The van der Waals surface area contributed by atoms with Gasteiger partial charge >= 0.3 is 6.09 Å². The maximum atomic E-state index is 11.5. The lowest BCUT2D eigenvalue weighted by Crippen LogP contribution is -2.26. The number of rotatable bonds is 2. The summed E-state index contributed by atoms with van der Waals surface area (Å²) in [6.07, 6.45) is -0.528. The first-order valence-electron chi connectivity index (χ1n) is 4.71. The van der Waals surface area contributed by atoms with E-state index in [0.717, 1.165) is 9.31 Å². The van der Waals surface area contributed by atoms with Crippen LogP contribution in [0.1, 0.15) is 6.92 Å². The fourth-order valence-electron chi connectivity index (χ4n) is 1.13. The molecule has 0 saturated carbocycles. The van der Waals surface area contributed by atoms with Crippen LogP contribution < -0.4 is 0 Å². The minimum absolute atomic E-state index is 0.302. The topological polar surface area (TPSA) is 66.6 Å². The van der Waals surface area contributed by atoms with Crippen LogP contribution in [0.2, 0.25) is 0 Å². The highest BCUT2D eigenvalue weighted by Crippen LogP contribution is 2.19. The maximum Gasteiger partial charge on any atom is 0.443 e. The summed E-state index contributed by atoms with van der Waals surface area (Å²) < 4.78 is 9.91. The molecule has 0 aromatic heterocycles. The van der Waals surface area contributed by atoms with Crippen molar-refractivity contribution in [1.29, 1.82) is 0 Å². The Bertz CT molecular complexity index is 446. The second kappa shape index (κ2) is 4.84. The molecular weight excluding hydrogens is 228 g/mol. The standard InChI is InChI=1S/C9H10N4O2S/c1-2-15-9(14)13-11-10-12-16(13)8-6-4-3-5-7-8/h3-7H,2H2,1H3. The Labute approximate surface area is 95.1 Å². The predicted octanol–water partition coefficient (Wildman–Crippen LogP) is 2.52. The molecule has 0 fully saturated rings. The number of carbonyl (C=O) groups excluding carboxylic acids is 1. The molecule has 1 aliphatic rings. The summed E-state index contributed by atoms with van der Waals surface area (Å²) in [4.78, 5) is 12.4. The Morgan fingerprint density at radius 2 is 2.19 bits per heavy atom. The first-order chi connectivity index (χ1) is 7.83. The zero-order chi connectivity index (χ0) is 11.4. The molecule has 7 heteroatoms. The Kier molecular flexibility index (Phi) is 3.25. The molecule has 1 unspecified atom stereocenters. The molecule has 0 saturated heterocycles. The van der Waals surface area contributed by atoms with E-state index in [2.05, 4.69) is 14.9 Å². The zero-order valence-corrected chi connectivity index (χ0v) is 9.42. The van der Waals surface area contributed by atoms with Gasteiger partial charge in [0.2, 0.25) is 0 Å². The lowest BCUT2D eigenvalue weighted by atomic mass is 10.4. The monoisotopic (exact) mass is 238 g/mol. The molecule has 6 nitrogen and oxygen atoms in total. The van der Waals surface area contributed by atoms with Crippen LogP contribution in [0.3, 0.4) is 0 Å². The van der Waals surface area contributed by atoms with Crippen LogP contribution in [0.4, 0.5) is 4.79 Å². The number of carbonyl (C=O) groups is 1. The molecule has 84 valence electrons. The normalized spacial score (nSPS) is 18.3. The highest BCUT2D eigenvalue weighted by Gasteiger charge is 2.24. The van der Waals surface area contributed by atoms with Gasteiger partial charge in [0.25, 0.3) is 0 Å². The van der Waals surface area contributed by atoms with Crippen molar-refractivity contribution in [3.63, 3.8) is 0 Å². The molecule has 1 heterocycles. The second-order valence-corrected chi connectivity index (χ2v) is 4.32. The molecular formula is C9H10N4O2S. The Hall–Kier alpha value is -1.76. The SMILES string of the molecule is CCOC(=O)N1N=NN=S1c1ccccc1. The number of hydrogen-bond acceptors (Lipinski definition) is 5. The summed E-state index contributed by atoms with van der Waals surface area (Å²) in [6, 6.07) is 9.38. The third-order valence-corrected chi connectivity index (χ3v) is 3.25. The van der Waals surface area contributed by atoms with Crippen LogP contribution in [0.15, 0.2) is 50.1 Å². The summed E-state index contributed by atoms with van der Waals surface area (Å²) in [5.74, 6) is 0. The zero-order valence-electron chi connectivity index (χ0n) is 8.61. The van der Waals surface area contributed by atoms with Gasteiger partial charge in [0.1, 0.15) is 0 Å². The highest BCUT2D eigenvalue weighted by molar-refractivity contribution is 7.85. The van der Waals surface area contributed by atoms with Crippen LogP contribution in [0.25, 0.3) is 0 Å². The van der Waals surface area contributed by atoms with Crippen LogP contribution >= 0.6 is 0 Å². The third kappa shape index (κ3) is 2.08. The van der Waals surface area contributed by atoms with Crippen LogP contribution in [0.5, 0.6) is 0 Å². The van der Waals surface area contributed by atoms with E-state index in [1.54, 1.807) is 6.92 Å². The lowest BCUT2D eigenvalue weighted by Gasteiger charge is -2.12. The molecule has 0 spiro atoms. The summed E-state index contributed by atoms with van der Waals surface area (Å²) in [6.45, 7) is 2.04. The molecule has 2 rings (SSSR count). The van der Waals surface area contributed by atoms with Crippen molar-refractivity contribution in [3.8, 4) is 0 Å². The Morgan fingerprint density at radius 1 is 1.44 bits per heavy atom. The van der Waals surface area contributed by atoms with Crippen molar-refractivity contribution in [3.05, 3.63) is 30.3 Å². The summed E-state index contributed by atoms with van der Waals surface area (Å²) >= 11 is 0. The van der Waals surface area contributed by atoms with E-state index in [4.69, 9.17) is 4.74 Å².